The van der Waals surface area contributed by atoms with Gasteiger partial charge in [0.15, 0.2) is 5.84 Å². The predicted octanol–water partition coefficient (Wildman–Crippen LogP) is 4.98. The van der Waals surface area contributed by atoms with Gasteiger partial charge in [0.2, 0.25) is 4.80 Å². The van der Waals surface area contributed by atoms with E-state index in [1.165, 1.54) is 17.1 Å². The smallest absolute Gasteiger partial charge is 0.211 e. The molecule has 0 bridgehead atoms. The van der Waals surface area contributed by atoms with Gasteiger partial charge in [-0.1, -0.05) is 78.9 Å². The Morgan fingerprint density at radius 2 is 1.46 bits per heavy atom. The summed E-state index contributed by atoms with van der Waals surface area (Å²) in [5, 5.41) is 0. The molecule has 0 saturated heterocycles. The van der Waals surface area contributed by atoms with Gasteiger partial charge in [-0.15, -0.1) is 0 Å². The van der Waals surface area contributed by atoms with Gasteiger partial charge in [0.05, 0.1) is 12.2 Å². The van der Waals surface area contributed by atoms with Crippen molar-refractivity contribution in [3.63, 3.8) is 0 Å². The second kappa shape index (κ2) is 8.59. The van der Waals surface area contributed by atoms with E-state index in [4.69, 9.17) is 9.98 Å². The summed E-state index contributed by atoms with van der Waals surface area (Å²) in [6, 6.07) is 30.3. The molecule has 0 amide bonds. The Morgan fingerprint density at radius 3 is 2.14 bits per heavy atom. The van der Waals surface area contributed by atoms with Gasteiger partial charge >= 0.3 is 0 Å². The molecule has 1 aromatic heterocycles. The normalized spacial score (nSPS) is 12.3. The molecule has 0 aliphatic carbocycles. The van der Waals surface area contributed by atoms with Gasteiger partial charge < -0.3 is 0 Å². The third-order valence-electron chi connectivity index (χ3n) is 4.29. The van der Waals surface area contributed by atoms with E-state index in [9.17, 15) is 0 Å². The van der Waals surface area contributed by atoms with E-state index in [0.29, 0.717) is 5.84 Å². The van der Waals surface area contributed by atoms with Crippen molar-refractivity contribution in [3.8, 4) is 0 Å². The van der Waals surface area contributed by atoms with Gasteiger partial charge in [0.1, 0.15) is 5.82 Å². The summed E-state index contributed by atoms with van der Waals surface area (Å²) in [6.07, 6.45) is 0. The van der Waals surface area contributed by atoms with Gasteiger partial charge in [-0.25, -0.2) is 4.99 Å². The summed E-state index contributed by atoms with van der Waals surface area (Å²) in [5.41, 5.74) is 3.07. The average molecular weight is 385 g/mol. The van der Waals surface area contributed by atoms with Crippen molar-refractivity contribution in [2.24, 2.45) is 9.98 Å². The Hall–Kier alpha value is -3.31. The lowest BCUT2D eigenvalue weighted by Crippen LogP contribution is -2.19. The fourth-order valence-electron chi connectivity index (χ4n) is 2.83. The van der Waals surface area contributed by atoms with Gasteiger partial charge in [0.25, 0.3) is 0 Å². The summed E-state index contributed by atoms with van der Waals surface area (Å²) < 4.78 is 6.65. The summed E-state index contributed by atoms with van der Waals surface area (Å²) in [7, 11) is 0. The molecule has 138 valence electrons. The number of aromatic nitrogens is 2. The molecule has 0 aliphatic heterocycles. The van der Waals surface area contributed by atoms with Gasteiger partial charge in [-0.05, 0) is 24.6 Å². The molecule has 0 atom stereocenters. The molecule has 0 radical (unpaired) electrons. The lowest BCUT2D eigenvalue weighted by atomic mass is 10.2. The van der Waals surface area contributed by atoms with Crippen LogP contribution in [0, 0.1) is 6.92 Å². The quantitative estimate of drug-likeness (QED) is 0.361. The highest BCUT2D eigenvalue weighted by atomic mass is 32.1. The Labute approximate surface area is 168 Å². The highest BCUT2D eigenvalue weighted by Gasteiger charge is 2.07. The maximum Gasteiger partial charge on any atom is 0.211 e. The zero-order chi connectivity index (χ0) is 19.2. The van der Waals surface area contributed by atoms with Crippen LogP contribution >= 0.6 is 11.5 Å². The molecule has 0 aliphatic rings. The van der Waals surface area contributed by atoms with Crippen molar-refractivity contribution < 1.29 is 0 Å². The summed E-state index contributed by atoms with van der Waals surface area (Å²) in [6.45, 7) is 2.74. The first-order chi connectivity index (χ1) is 13.8. The molecule has 4 aromatic rings. The maximum atomic E-state index is 4.91. The van der Waals surface area contributed by atoms with E-state index in [1.807, 2.05) is 85.8 Å². The third-order valence-corrected chi connectivity index (χ3v) is 5.12. The Morgan fingerprint density at radius 1 is 0.857 bits per heavy atom. The van der Waals surface area contributed by atoms with Crippen molar-refractivity contribution in [2.45, 2.75) is 13.5 Å². The Bertz CT molecular complexity index is 1130. The number of benzene rings is 3. The standard InChI is InChI=1S/C23H20N4S/c1-18-26-28-23(27(18)17-19-11-5-2-6-12-19)25-22(20-13-7-3-8-14-20)24-21-15-9-4-10-16-21/h2-16H,17H2,1H3. The van der Waals surface area contributed by atoms with Crippen LogP contribution in [0.2, 0.25) is 0 Å². The highest BCUT2D eigenvalue weighted by molar-refractivity contribution is 7.02. The third kappa shape index (κ3) is 4.32. The van der Waals surface area contributed by atoms with Crippen molar-refractivity contribution in [1.29, 1.82) is 0 Å². The molecule has 0 spiro atoms. The molecule has 0 N–H and O–H groups in total. The lowest BCUT2D eigenvalue weighted by molar-refractivity contribution is 0.729. The summed E-state index contributed by atoms with van der Waals surface area (Å²) in [4.78, 5) is 10.5. The average Bonchev–Trinajstić information content (AvgIpc) is 3.09. The first-order valence-corrected chi connectivity index (χ1v) is 9.88. The van der Waals surface area contributed by atoms with E-state index in [-0.39, 0.29) is 0 Å². The number of para-hydroxylation sites is 1. The summed E-state index contributed by atoms with van der Waals surface area (Å²) >= 11 is 1.39. The predicted molar refractivity (Wildman–Crippen MR) is 115 cm³/mol. The van der Waals surface area contributed by atoms with Crippen LogP contribution < -0.4 is 4.80 Å². The fourth-order valence-corrected chi connectivity index (χ4v) is 3.56. The van der Waals surface area contributed by atoms with Crippen molar-refractivity contribution in [2.75, 3.05) is 0 Å². The second-order valence-electron chi connectivity index (χ2n) is 6.33. The van der Waals surface area contributed by atoms with E-state index in [1.54, 1.807) is 0 Å². The van der Waals surface area contributed by atoms with Crippen LogP contribution in [0.5, 0.6) is 0 Å². The Balaban J connectivity index is 1.81. The van der Waals surface area contributed by atoms with Gasteiger partial charge in [0, 0.05) is 17.1 Å². The first-order valence-electron chi connectivity index (χ1n) is 9.10. The van der Waals surface area contributed by atoms with Crippen molar-refractivity contribution in [1.82, 2.24) is 8.94 Å². The SMILES string of the molecule is Cc1nsc(=NC(=Nc2ccccc2)c2ccccc2)n1Cc1ccccc1. The molecule has 1 heterocycles. The largest absolute Gasteiger partial charge is 0.299 e. The maximum absolute atomic E-state index is 4.91. The number of aryl methyl sites for hydroxylation is 1. The molecule has 0 fully saturated rings. The number of hydrogen-bond acceptors (Lipinski definition) is 3. The monoisotopic (exact) mass is 384 g/mol. The first kappa shape index (κ1) is 18.1. The van der Waals surface area contributed by atoms with E-state index in [0.717, 1.165) is 28.4 Å². The van der Waals surface area contributed by atoms with Gasteiger partial charge in [-0.2, -0.15) is 9.37 Å². The van der Waals surface area contributed by atoms with Crippen molar-refractivity contribution in [3.05, 3.63) is 113 Å². The van der Waals surface area contributed by atoms with Crippen LogP contribution in [0.25, 0.3) is 0 Å². The second-order valence-corrected chi connectivity index (χ2v) is 7.06. The number of rotatable bonds is 4. The van der Waals surface area contributed by atoms with Crippen molar-refractivity contribution >= 4 is 23.1 Å². The van der Waals surface area contributed by atoms with Crippen LogP contribution in [-0.2, 0) is 6.54 Å². The minimum absolute atomic E-state index is 0.678. The lowest BCUT2D eigenvalue weighted by Gasteiger charge is -2.06. The zero-order valence-corrected chi connectivity index (χ0v) is 16.4. The Kier molecular flexibility index (Phi) is 5.54. The molecule has 28 heavy (non-hydrogen) atoms. The van der Waals surface area contributed by atoms with Crippen LogP contribution in [0.15, 0.2) is 101 Å². The fraction of sp³-hybridized carbons (Fsp3) is 0.0870. The van der Waals surface area contributed by atoms with E-state index < -0.39 is 0 Å². The molecule has 0 unspecified atom stereocenters. The van der Waals surface area contributed by atoms with Crippen LogP contribution in [0.3, 0.4) is 0 Å². The van der Waals surface area contributed by atoms with Crippen LogP contribution in [0.4, 0.5) is 5.69 Å². The van der Waals surface area contributed by atoms with Crippen LogP contribution in [-0.4, -0.2) is 14.8 Å². The number of amidine groups is 1. The molecular formula is C23H20N4S. The number of aliphatic imine (C=N–C) groups is 1. The zero-order valence-electron chi connectivity index (χ0n) is 15.6. The summed E-state index contributed by atoms with van der Waals surface area (Å²) in [5.74, 6) is 1.62. The minimum atomic E-state index is 0.678. The highest BCUT2D eigenvalue weighted by Crippen LogP contribution is 2.14. The molecule has 4 nitrogen and oxygen atoms in total. The topological polar surface area (TPSA) is 42.5 Å². The molecule has 5 heteroatoms. The van der Waals surface area contributed by atoms with E-state index >= 15 is 0 Å². The minimum Gasteiger partial charge on any atom is -0.299 e. The number of hydrogen-bond donors (Lipinski definition) is 0. The molecular weight excluding hydrogens is 364 g/mol. The molecule has 0 saturated carbocycles. The molecule has 3 aromatic carbocycles. The number of nitrogens with zero attached hydrogens (tertiary/aromatic N) is 4. The molecule has 4 rings (SSSR count). The van der Waals surface area contributed by atoms with E-state index in [2.05, 4.69) is 21.1 Å². The van der Waals surface area contributed by atoms with Gasteiger partial charge in [-0.3, -0.25) is 4.57 Å². The van der Waals surface area contributed by atoms with Crippen LogP contribution in [0.1, 0.15) is 17.0 Å².